The van der Waals surface area contributed by atoms with Crippen LogP contribution in [0.25, 0.3) is 22.3 Å². The Balaban J connectivity index is 1.09. The number of nitrogens with zero attached hydrogens (tertiary/aromatic N) is 9. The highest BCUT2D eigenvalue weighted by Gasteiger charge is 2.55. The van der Waals surface area contributed by atoms with E-state index in [0.29, 0.717) is 5.56 Å². The fourth-order valence-corrected chi connectivity index (χ4v) is 9.69. The lowest BCUT2D eigenvalue weighted by molar-refractivity contribution is -0.0634. The average Bonchev–Trinajstić information content (AvgIpc) is 4.05. The standard InChI is InChI=1S/C38H46FN11O14P2S/c1-38(2,3)62-37(53)48(5)14-13-47(4)36(52)61-29-28-23(60-35(29)50-18-44-25-21(11-12-41-31(25)50)46-33(51)20-9-7-6-8-10-20)15-57-65(54,55)63-27-22(16-58-66(56,67)64-28)59-34(24(27)39)49-19-45-26-30(40)42-17-43-32(26)49/h6-12,17-19,22-24,27-29,34-35H,13-16H2,1-5H3,(H,54,55)(H,56,67)(H2,40,42,43)(H,41,46,51)/t22-,23-,24-,27-,28-,29-,34-,35-,66?/m1/s1. The molecule has 0 bridgehead atoms. The zero-order valence-electron chi connectivity index (χ0n) is 36.3. The molecule has 2 unspecified atom stereocenters. The number of anilines is 2. The summed E-state index contributed by atoms with van der Waals surface area (Å²) in [5, 5.41) is 2.81. The van der Waals surface area contributed by atoms with Gasteiger partial charge < -0.3 is 54.1 Å². The van der Waals surface area contributed by atoms with E-state index in [1.807, 2.05) is 0 Å². The Kier molecular flexibility index (Phi) is 13.7. The first-order valence-corrected chi connectivity index (χ1v) is 24.5. The van der Waals surface area contributed by atoms with Gasteiger partial charge in [-0.3, -0.25) is 27.5 Å². The number of ether oxygens (including phenoxy) is 4. The molecule has 3 aliphatic heterocycles. The van der Waals surface area contributed by atoms with Crippen molar-refractivity contribution in [2.24, 2.45) is 0 Å². The molecule has 7 heterocycles. The first-order chi connectivity index (χ1) is 31.7. The van der Waals surface area contributed by atoms with Crippen LogP contribution < -0.4 is 11.1 Å². The van der Waals surface area contributed by atoms with E-state index >= 15 is 4.39 Å². The third-order valence-electron chi connectivity index (χ3n) is 10.6. The molecule has 25 nitrogen and oxygen atoms in total. The minimum atomic E-state index is -5.25. The van der Waals surface area contributed by atoms with Gasteiger partial charge in [-0.15, -0.1) is 0 Å². The maximum atomic E-state index is 16.4. The number of alkyl halides is 1. The maximum absolute atomic E-state index is 16.4. The third-order valence-corrected chi connectivity index (χ3v) is 13.1. The number of phosphoric acid groups is 1. The summed E-state index contributed by atoms with van der Waals surface area (Å²) >= 11 is 5.45. The van der Waals surface area contributed by atoms with Crippen molar-refractivity contribution in [3.05, 3.63) is 67.1 Å². The smallest absolute Gasteiger partial charge is 0.444 e. The number of benzene rings is 1. The summed E-state index contributed by atoms with van der Waals surface area (Å²) in [5.74, 6) is -0.445. The molecule has 5 aromatic rings. The second kappa shape index (κ2) is 19.0. The number of nitrogens with one attached hydrogen (secondary N) is 1. The summed E-state index contributed by atoms with van der Waals surface area (Å²) < 4.78 is 78.9. The molecule has 360 valence electrons. The summed E-state index contributed by atoms with van der Waals surface area (Å²) in [7, 11) is -2.36. The van der Waals surface area contributed by atoms with Gasteiger partial charge in [-0.25, -0.2) is 43.5 Å². The second-order valence-electron chi connectivity index (χ2n) is 16.5. The quantitative estimate of drug-likeness (QED) is 0.161. The molecule has 3 saturated heterocycles. The van der Waals surface area contributed by atoms with E-state index in [1.54, 1.807) is 51.1 Å². The normalized spacial score (nSPS) is 29.0. The largest absolute Gasteiger partial charge is 0.472 e. The Morgan fingerprint density at radius 2 is 1.51 bits per heavy atom. The summed E-state index contributed by atoms with van der Waals surface area (Å²) in [5.41, 5.74) is 6.24. The van der Waals surface area contributed by atoms with E-state index < -0.39 is 101 Å². The zero-order valence-corrected chi connectivity index (χ0v) is 38.9. The number of fused-ring (bicyclic) bond motifs is 4. The molecule has 0 aliphatic carbocycles. The molecule has 5 N–H and O–H groups in total. The van der Waals surface area contributed by atoms with Crippen LogP contribution in [-0.4, -0.2) is 154 Å². The monoisotopic (exact) mass is 993 g/mol. The molecule has 1 aromatic carbocycles. The molecule has 3 fully saturated rings. The van der Waals surface area contributed by atoms with Gasteiger partial charge in [0.1, 0.15) is 47.4 Å². The highest BCUT2D eigenvalue weighted by atomic mass is 32.5. The number of halogens is 1. The van der Waals surface area contributed by atoms with Gasteiger partial charge in [0, 0.05) is 38.9 Å². The number of nitrogen functional groups attached to an aromatic ring is 1. The van der Waals surface area contributed by atoms with Crippen LogP contribution in [0.3, 0.4) is 0 Å². The van der Waals surface area contributed by atoms with Crippen molar-refractivity contribution >= 4 is 78.3 Å². The summed E-state index contributed by atoms with van der Waals surface area (Å²) in [6.07, 6.45) is -10.0. The maximum Gasteiger partial charge on any atom is 0.472 e. The van der Waals surface area contributed by atoms with Crippen LogP contribution in [0.2, 0.25) is 0 Å². The summed E-state index contributed by atoms with van der Waals surface area (Å²) in [4.78, 5) is 85.9. The Hall–Kier alpha value is -5.31. The predicted octanol–water partition coefficient (Wildman–Crippen LogP) is 3.68. The topological polar surface area (TPSA) is 301 Å². The summed E-state index contributed by atoms with van der Waals surface area (Å²) in [6, 6.07) is 9.93. The molecule has 0 radical (unpaired) electrons. The number of hydrogen-bond donors (Lipinski definition) is 4. The van der Waals surface area contributed by atoms with Crippen LogP contribution in [0, 0.1) is 0 Å². The SMILES string of the molecule is CN(CCN(C)C(=O)OC(C)(C)C)C(=O)O[C@@H]1[C@@H]2OP(O)(=S)OC[C@H]3O[C@@H](n4cnc5c(N)ncnc54)[C@H](F)[C@@H]3OP(=O)(O)OC[C@H]2O[C@H]1n1cnc2c(NC(=O)c3ccccc3)ccnc21. The highest BCUT2D eigenvalue weighted by Crippen LogP contribution is 2.54. The van der Waals surface area contributed by atoms with Crippen LogP contribution >= 0.6 is 14.5 Å². The molecular weight excluding hydrogens is 947 g/mol. The number of phosphoric ester groups is 1. The molecule has 29 heteroatoms. The molecule has 3 aliphatic rings. The van der Waals surface area contributed by atoms with Crippen molar-refractivity contribution in [3.8, 4) is 0 Å². The predicted molar refractivity (Wildman–Crippen MR) is 234 cm³/mol. The van der Waals surface area contributed by atoms with Crippen molar-refractivity contribution in [2.75, 3.05) is 51.4 Å². The van der Waals surface area contributed by atoms with Gasteiger partial charge in [0.2, 0.25) is 0 Å². The number of likely N-dealkylation sites (N-methyl/N-ethyl adjacent to an activating group) is 2. The molecule has 0 spiro atoms. The average molecular weight is 994 g/mol. The number of aromatic nitrogens is 7. The molecular formula is C38H46FN11O14P2S. The highest BCUT2D eigenvalue weighted by molar-refractivity contribution is 8.07. The molecule has 67 heavy (non-hydrogen) atoms. The fraction of sp³-hybridized carbons (Fsp3) is 0.474. The first-order valence-electron chi connectivity index (χ1n) is 20.4. The van der Waals surface area contributed by atoms with Gasteiger partial charge in [-0.1, -0.05) is 18.2 Å². The van der Waals surface area contributed by atoms with Crippen LogP contribution in [0.15, 0.2) is 61.6 Å². The fourth-order valence-electron chi connectivity index (χ4n) is 7.29. The minimum Gasteiger partial charge on any atom is -0.444 e. The van der Waals surface area contributed by atoms with Crippen molar-refractivity contribution in [2.45, 2.75) is 75.5 Å². The van der Waals surface area contributed by atoms with Crippen LogP contribution in [0.1, 0.15) is 43.6 Å². The van der Waals surface area contributed by atoms with Gasteiger partial charge in [0.25, 0.3) is 5.91 Å². The Bertz CT molecular complexity index is 2750. The van der Waals surface area contributed by atoms with E-state index in [9.17, 15) is 28.7 Å². The molecule has 8 rings (SSSR count). The Morgan fingerprint density at radius 3 is 2.22 bits per heavy atom. The van der Waals surface area contributed by atoms with Crippen molar-refractivity contribution in [1.82, 2.24) is 43.9 Å². The van der Waals surface area contributed by atoms with Gasteiger partial charge in [0.05, 0.1) is 31.6 Å². The van der Waals surface area contributed by atoms with Gasteiger partial charge in [0.15, 0.2) is 41.8 Å². The number of carbonyl (C=O) groups is 3. The van der Waals surface area contributed by atoms with Crippen LogP contribution in [-0.2, 0) is 53.4 Å². The van der Waals surface area contributed by atoms with E-state index in [4.69, 9.17) is 54.6 Å². The number of carbonyl (C=O) groups excluding carboxylic acids is 3. The number of rotatable bonds is 8. The number of hydrogen-bond acceptors (Lipinski definition) is 19. The van der Waals surface area contributed by atoms with E-state index in [1.165, 1.54) is 53.0 Å². The second-order valence-corrected chi connectivity index (χ2v) is 20.7. The zero-order chi connectivity index (χ0) is 48.0. The van der Waals surface area contributed by atoms with E-state index in [-0.39, 0.29) is 46.9 Å². The van der Waals surface area contributed by atoms with Gasteiger partial charge in [-0.05, 0) is 50.8 Å². The van der Waals surface area contributed by atoms with E-state index in [2.05, 4.69) is 30.2 Å². The van der Waals surface area contributed by atoms with Crippen molar-refractivity contribution in [1.29, 1.82) is 0 Å². The molecule has 10 atom stereocenters. The Labute approximate surface area is 385 Å². The molecule has 4 aromatic heterocycles. The molecule has 3 amide bonds. The minimum absolute atomic E-state index is 0.000571. The van der Waals surface area contributed by atoms with E-state index in [0.717, 1.165) is 11.2 Å². The van der Waals surface area contributed by atoms with Crippen LogP contribution in [0.5, 0.6) is 0 Å². The van der Waals surface area contributed by atoms with Gasteiger partial charge >= 0.3 is 26.7 Å². The number of amides is 3. The lowest BCUT2D eigenvalue weighted by Crippen LogP contribution is -2.44. The number of nitrogens with two attached hydrogens (primary N) is 1. The lowest BCUT2D eigenvalue weighted by Gasteiger charge is -2.31. The van der Waals surface area contributed by atoms with Crippen molar-refractivity contribution < 1.29 is 70.2 Å². The Morgan fingerprint density at radius 1 is 0.881 bits per heavy atom. The molecule has 0 saturated carbocycles. The third kappa shape index (κ3) is 10.6. The first kappa shape index (κ1) is 48.2. The number of imidazole rings is 2. The van der Waals surface area contributed by atoms with Crippen LogP contribution in [0.4, 0.5) is 25.5 Å². The van der Waals surface area contributed by atoms with Gasteiger partial charge in [-0.2, -0.15) is 0 Å². The summed E-state index contributed by atoms with van der Waals surface area (Å²) in [6.45, 7) is -1.05. The van der Waals surface area contributed by atoms with Crippen molar-refractivity contribution in [3.63, 3.8) is 0 Å². The number of pyridine rings is 1. The lowest BCUT2D eigenvalue weighted by atomic mass is 10.1.